The number of carbonyl (C=O) groups is 2. The van der Waals surface area contributed by atoms with E-state index in [1.54, 1.807) is 12.1 Å². The Kier molecular flexibility index (Phi) is 7.12. The Bertz CT molecular complexity index is 811. The van der Waals surface area contributed by atoms with Crippen molar-refractivity contribution < 1.29 is 34.4 Å². The van der Waals surface area contributed by atoms with Crippen LogP contribution in [0.4, 0.5) is 0 Å². The van der Waals surface area contributed by atoms with Crippen molar-refractivity contribution in [2.45, 2.75) is 24.5 Å². The van der Waals surface area contributed by atoms with E-state index in [1.165, 1.54) is 19.2 Å². The van der Waals surface area contributed by atoms with Crippen LogP contribution in [0.25, 0.3) is 0 Å². The van der Waals surface area contributed by atoms with E-state index >= 15 is 0 Å². The number of hydrogen-bond donors (Lipinski definition) is 8. The zero-order valence-electron chi connectivity index (χ0n) is 15.5. The monoisotopic (exact) mass is 409 g/mol. The molecule has 12 nitrogen and oxygen atoms in total. The van der Waals surface area contributed by atoms with Crippen LogP contribution in [0.2, 0.25) is 0 Å². The molecule has 0 aliphatic carbocycles. The van der Waals surface area contributed by atoms with Crippen LogP contribution in [-0.4, -0.2) is 71.2 Å². The molecule has 0 bridgehead atoms. The van der Waals surface area contributed by atoms with Crippen LogP contribution >= 0.6 is 0 Å². The van der Waals surface area contributed by atoms with E-state index in [-0.39, 0.29) is 5.56 Å². The first-order valence-electron chi connectivity index (χ1n) is 8.42. The van der Waals surface area contributed by atoms with Crippen molar-refractivity contribution >= 4 is 17.6 Å². The van der Waals surface area contributed by atoms with Gasteiger partial charge >= 0.3 is 0 Å². The molecular formula is C17H23N5O7. The molecule has 1 aromatic rings. The highest BCUT2D eigenvalue weighted by Gasteiger charge is 2.43. The Balaban J connectivity index is 2.01. The quantitative estimate of drug-likeness (QED) is 0.137. The highest BCUT2D eigenvalue weighted by atomic mass is 16.6. The summed E-state index contributed by atoms with van der Waals surface area (Å²) in [6, 6.07) is 6.05. The maximum Gasteiger partial charge on any atom is 0.271 e. The molecule has 4 unspecified atom stereocenters. The van der Waals surface area contributed by atoms with Gasteiger partial charge in [-0.2, -0.15) is 0 Å². The number of rotatable bonds is 6. The summed E-state index contributed by atoms with van der Waals surface area (Å²) in [5, 5.41) is 40.8. The second-order valence-corrected chi connectivity index (χ2v) is 6.12. The van der Waals surface area contributed by atoms with E-state index in [9.17, 15) is 19.8 Å². The average molecular weight is 409 g/mol. The maximum atomic E-state index is 12.2. The van der Waals surface area contributed by atoms with Gasteiger partial charge in [-0.1, -0.05) is 0 Å². The molecule has 0 spiro atoms. The van der Waals surface area contributed by atoms with Gasteiger partial charge in [0.2, 0.25) is 0 Å². The number of amides is 2. The molecular weight excluding hydrogens is 386 g/mol. The highest BCUT2D eigenvalue weighted by Crippen LogP contribution is 2.19. The van der Waals surface area contributed by atoms with E-state index in [4.69, 9.17) is 31.5 Å². The highest BCUT2D eigenvalue weighted by molar-refractivity contribution is 6.13. The van der Waals surface area contributed by atoms with Gasteiger partial charge in [-0.3, -0.25) is 15.0 Å². The standard InChI is InChI=1S/C17H23N5O7/c1-28-8-4-2-7(3-5-8)15(26)21-14(20)10(18)11(19)16(27)22-17-13(25)12(24)9(6-23)29-17/h2-5,9,12-13,17,23-25H,6,18-19H2,1H3,(H,22,27)(H2,20,21,26)/b11-10+. The summed E-state index contributed by atoms with van der Waals surface area (Å²) in [5.74, 6) is -1.72. The first-order chi connectivity index (χ1) is 13.7. The molecule has 0 radical (unpaired) electrons. The number of nitrogens with two attached hydrogens (primary N) is 2. The molecule has 4 atom stereocenters. The van der Waals surface area contributed by atoms with E-state index in [1.807, 2.05) is 0 Å². The molecule has 1 aliphatic heterocycles. The number of carbonyl (C=O) groups excluding carboxylic acids is 2. The fourth-order valence-corrected chi connectivity index (χ4v) is 2.48. The van der Waals surface area contributed by atoms with Crippen molar-refractivity contribution in [1.82, 2.24) is 10.6 Å². The topological polar surface area (TPSA) is 213 Å². The van der Waals surface area contributed by atoms with Gasteiger partial charge in [0.15, 0.2) is 12.1 Å². The van der Waals surface area contributed by atoms with Crippen molar-refractivity contribution in [1.29, 1.82) is 5.41 Å². The van der Waals surface area contributed by atoms with E-state index in [0.29, 0.717) is 5.75 Å². The fraction of sp³-hybridized carbons (Fsp3) is 0.353. The van der Waals surface area contributed by atoms with Crippen LogP contribution < -0.4 is 26.8 Å². The molecule has 1 saturated heterocycles. The number of hydrogen-bond acceptors (Lipinski definition) is 10. The second-order valence-electron chi connectivity index (χ2n) is 6.12. The zero-order valence-corrected chi connectivity index (χ0v) is 15.5. The van der Waals surface area contributed by atoms with Crippen molar-refractivity contribution in [3.05, 3.63) is 41.2 Å². The molecule has 1 heterocycles. The number of ether oxygens (including phenoxy) is 2. The summed E-state index contributed by atoms with van der Waals surface area (Å²) in [6.07, 6.45) is -5.33. The third-order valence-electron chi connectivity index (χ3n) is 4.21. The number of methoxy groups -OCH3 is 1. The minimum absolute atomic E-state index is 0.220. The van der Waals surface area contributed by atoms with Crippen LogP contribution in [0.5, 0.6) is 5.75 Å². The Morgan fingerprint density at radius 1 is 1.17 bits per heavy atom. The average Bonchev–Trinajstić information content (AvgIpc) is 3.00. The van der Waals surface area contributed by atoms with Gasteiger partial charge in [0, 0.05) is 5.56 Å². The predicted octanol–water partition coefficient (Wildman–Crippen LogP) is -2.91. The SMILES string of the molecule is COc1ccc(C(=O)NC(=N)/C(N)=C(\N)C(=O)NC2OC(CO)C(O)C2O)cc1. The fourth-order valence-electron chi connectivity index (χ4n) is 2.48. The lowest BCUT2D eigenvalue weighted by Gasteiger charge is -2.17. The van der Waals surface area contributed by atoms with Gasteiger partial charge in [0.25, 0.3) is 11.8 Å². The molecule has 1 aromatic carbocycles. The van der Waals surface area contributed by atoms with Crippen LogP contribution in [0.15, 0.2) is 35.7 Å². The van der Waals surface area contributed by atoms with Crippen LogP contribution in [-0.2, 0) is 9.53 Å². The summed E-state index contributed by atoms with van der Waals surface area (Å²) in [4.78, 5) is 24.3. The minimum Gasteiger partial charge on any atom is -0.497 e. The van der Waals surface area contributed by atoms with Crippen molar-refractivity contribution in [3.63, 3.8) is 0 Å². The number of amidine groups is 1. The zero-order chi connectivity index (χ0) is 21.7. The second kappa shape index (κ2) is 9.34. The molecule has 2 rings (SSSR count). The van der Waals surface area contributed by atoms with Crippen molar-refractivity contribution in [2.24, 2.45) is 11.5 Å². The van der Waals surface area contributed by atoms with Gasteiger partial charge in [0.1, 0.15) is 35.5 Å². The number of aliphatic hydroxyl groups excluding tert-OH is 3. The Hall–Kier alpha value is -3.19. The molecule has 2 amide bonds. The molecule has 158 valence electrons. The number of benzene rings is 1. The summed E-state index contributed by atoms with van der Waals surface area (Å²) in [5.41, 5.74) is 10.4. The first-order valence-corrected chi connectivity index (χ1v) is 8.42. The Morgan fingerprint density at radius 3 is 2.31 bits per heavy atom. The van der Waals surface area contributed by atoms with Crippen LogP contribution in [0.3, 0.4) is 0 Å². The molecule has 1 aliphatic rings. The molecule has 12 heteroatoms. The largest absolute Gasteiger partial charge is 0.497 e. The van der Waals surface area contributed by atoms with E-state index in [2.05, 4.69) is 10.6 Å². The third-order valence-corrected chi connectivity index (χ3v) is 4.21. The lowest BCUT2D eigenvalue weighted by atomic mass is 10.1. The van der Waals surface area contributed by atoms with Gasteiger partial charge < -0.3 is 46.9 Å². The molecule has 29 heavy (non-hydrogen) atoms. The van der Waals surface area contributed by atoms with Crippen molar-refractivity contribution in [3.8, 4) is 5.75 Å². The minimum atomic E-state index is -1.50. The number of aliphatic hydroxyl groups is 3. The van der Waals surface area contributed by atoms with Crippen molar-refractivity contribution in [2.75, 3.05) is 13.7 Å². The Morgan fingerprint density at radius 2 is 1.79 bits per heavy atom. The summed E-state index contributed by atoms with van der Waals surface area (Å²) < 4.78 is 10.1. The van der Waals surface area contributed by atoms with E-state index < -0.39 is 60.2 Å². The third kappa shape index (κ3) is 5.00. The lowest BCUT2D eigenvalue weighted by molar-refractivity contribution is -0.124. The first kappa shape index (κ1) is 22.1. The normalized spacial score (nSPS) is 24.4. The maximum absolute atomic E-state index is 12.2. The van der Waals surface area contributed by atoms with E-state index in [0.717, 1.165) is 0 Å². The summed E-state index contributed by atoms with van der Waals surface area (Å²) in [7, 11) is 1.48. The predicted molar refractivity (Wildman–Crippen MR) is 99.5 cm³/mol. The molecule has 1 fully saturated rings. The van der Waals surface area contributed by atoms with Gasteiger partial charge in [-0.25, -0.2) is 0 Å². The molecule has 0 saturated carbocycles. The smallest absolute Gasteiger partial charge is 0.271 e. The summed E-state index contributed by atoms with van der Waals surface area (Å²) >= 11 is 0. The molecule has 10 N–H and O–H groups in total. The van der Waals surface area contributed by atoms with Crippen LogP contribution in [0, 0.1) is 5.41 Å². The van der Waals surface area contributed by atoms with Gasteiger partial charge in [-0.05, 0) is 24.3 Å². The van der Waals surface area contributed by atoms with Gasteiger partial charge in [0.05, 0.1) is 13.7 Å². The molecule has 0 aromatic heterocycles. The van der Waals surface area contributed by atoms with Crippen LogP contribution in [0.1, 0.15) is 10.4 Å². The lowest BCUT2D eigenvalue weighted by Crippen LogP contribution is -2.46. The summed E-state index contributed by atoms with van der Waals surface area (Å²) in [6.45, 7) is -0.569. The van der Waals surface area contributed by atoms with Gasteiger partial charge in [-0.15, -0.1) is 0 Å². The Labute approximate surface area is 165 Å². The number of nitrogens with one attached hydrogen (secondary N) is 3.